The summed E-state index contributed by atoms with van der Waals surface area (Å²) in [5, 5.41) is 8.32. The van der Waals surface area contributed by atoms with Crippen LogP contribution in [0.15, 0.2) is 67.3 Å². The fourth-order valence-electron chi connectivity index (χ4n) is 5.40. The first-order valence-electron chi connectivity index (χ1n) is 10.8. The number of allylic oxidation sites excluding steroid dienone is 3. The predicted molar refractivity (Wildman–Crippen MR) is 128 cm³/mol. The molecule has 1 spiro atoms. The topological polar surface area (TPSA) is 0 Å². The summed E-state index contributed by atoms with van der Waals surface area (Å²) in [6.07, 6.45) is 12.8. The van der Waals surface area contributed by atoms with Gasteiger partial charge in [-0.1, -0.05) is 99.7 Å². The molecule has 0 amide bonds. The molecule has 0 saturated heterocycles. The lowest BCUT2D eigenvalue weighted by atomic mass is 9.76. The van der Waals surface area contributed by atoms with E-state index in [1.165, 1.54) is 48.7 Å². The highest BCUT2D eigenvalue weighted by Crippen LogP contribution is 2.55. The molecule has 6 rings (SSSR count). The summed E-state index contributed by atoms with van der Waals surface area (Å²) in [5.74, 6) is 0.807. The van der Waals surface area contributed by atoms with Crippen LogP contribution < -0.4 is 10.4 Å². The van der Waals surface area contributed by atoms with Crippen LogP contribution in [-0.2, 0) is 0 Å². The quantitative estimate of drug-likeness (QED) is 0.337. The van der Waals surface area contributed by atoms with Gasteiger partial charge in [-0.15, -0.1) is 6.58 Å². The van der Waals surface area contributed by atoms with Crippen molar-refractivity contribution in [2.45, 2.75) is 33.1 Å². The first-order chi connectivity index (χ1) is 14.1. The maximum absolute atomic E-state index is 4.29. The number of rotatable bonds is 1. The molecule has 3 unspecified atom stereocenters. The minimum Gasteiger partial charge on any atom is -0.102 e. The van der Waals surface area contributed by atoms with E-state index >= 15 is 0 Å². The molecule has 3 atom stereocenters. The zero-order chi connectivity index (χ0) is 20.3. The number of fused-ring (bicyclic) bond motifs is 2. The molecule has 1 saturated carbocycles. The van der Waals surface area contributed by atoms with E-state index in [2.05, 4.69) is 86.9 Å². The van der Waals surface area contributed by atoms with Crippen LogP contribution in [0.1, 0.15) is 44.2 Å². The molecule has 0 radical (unpaired) electrons. The van der Waals surface area contributed by atoms with Crippen LogP contribution in [0, 0.1) is 11.3 Å². The number of hydrogen-bond donors (Lipinski definition) is 0. The lowest BCUT2D eigenvalue weighted by Gasteiger charge is -2.27. The molecule has 29 heavy (non-hydrogen) atoms. The Morgan fingerprint density at radius 1 is 1.03 bits per heavy atom. The maximum atomic E-state index is 4.29. The zero-order valence-corrected chi connectivity index (χ0v) is 17.6. The third-order valence-electron chi connectivity index (χ3n) is 6.91. The van der Waals surface area contributed by atoms with Crippen LogP contribution >= 0.6 is 0 Å². The highest BCUT2D eigenvalue weighted by Gasteiger charge is 2.43. The van der Waals surface area contributed by atoms with Crippen molar-refractivity contribution in [1.82, 2.24) is 0 Å². The standard InChI is InChI=1S/C27H22.C2H6/c1-4-20-16(2)13-19-8-6-9-21-23-15-27(14-17(27)3)12-11-18-7-5-10-22(24(18)23)26(20)25(19)21;1-2/h4-13,15-16,20H,1,3,14H2,2H3;1-2H3. The van der Waals surface area contributed by atoms with Crippen LogP contribution in [0.2, 0.25) is 0 Å². The third kappa shape index (κ3) is 2.38. The largest absolute Gasteiger partial charge is 0.102 e. The Hall–Kier alpha value is -2.86. The van der Waals surface area contributed by atoms with Crippen LogP contribution in [0.25, 0.3) is 39.8 Å². The molecule has 3 aliphatic rings. The van der Waals surface area contributed by atoms with Crippen molar-refractivity contribution in [3.8, 4) is 0 Å². The summed E-state index contributed by atoms with van der Waals surface area (Å²) in [5.41, 5.74) is 4.15. The molecule has 3 aromatic rings. The minimum atomic E-state index is 0.0510. The van der Waals surface area contributed by atoms with Gasteiger partial charge >= 0.3 is 0 Å². The molecule has 0 nitrogen and oxygen atoms in total. The first kappa shape index (κ1) is 18.2. The average molecular weight is 377 g/mol. The monoisotopic (exact) mass is 376 g/mol. The first-order valence-corrected chi connectivity index (χ1v) is 10.8. The Labute approximate surface area is 173 Å². The zero-order valence-electron chi connectivity index (χ0n) is 17.6. The van der Waals surface area contributed by atoms with Crippen LogP contribution in [0.3, 0.4) is 0 Å². The summed E-state index contributed by atoms with van der Waals surface area (Å²) < 4.78 is 0. The average Bonchev–Trinajstić information content (AvgIpc) is 3.43. The molecule has 0 aliphatic heterocycles. The van der Waals surface area contributed by atoms with E-state index in [1.54, 1.807) is 0 Å². The molecule has 3 aliphatic carbocycles. The van der Waals surface area contributed by atoms with E-state index in [0.717, 1.165) is 6.42 Å². The molecular formula is C29H28. The SMILES string of the molecule is C=CC1c2c3cccc4c3c(c3cccc(c23)=CC1C)=CC1(C=C4)CC1=C.CC. The predicted octanol–water partition coefficient (Wildman–Crippen LogP) is 6.47. The molecule has 144 valence electrons. The Balaban J connectivity index is 0.000000882. The molecular weight excluding hydrogens is 348 g/mol. The number of benzene rings is 3. The highest BCUT2D eigenvalue weighted by molar-refractivity contribution is 6.08. The van der Waals surface area contributed by atoms with Crippen molar-refractivity contribution in [2.24, 2.45) is 11.3 Å². The fourth-order valence-corrected chi connectivity index (χ4v) is 5.40. The Kier molecular flexibility index (Phi) is 3.96. The van der Waals surface area contributed by atoms with Gasteiger partial charge in [0.2, 0.25) is 0 Å². The number of hydrogen-bond acceptors (Lipinski definition) is 0. The lowest BCUT2D eigenvalue weighted by Crippen LogP contribution is -2.23. The smallest absolute Gasteiger partial charge is 0.0319 e. The highest BCUT2D eigenvalue weighted by atomic mass is 14.5. The summed E-state index contributed by atoms with van der Waals surface area (Å²) in [4.78, 5) is 0. The van der Waals surface area contributed by atoms with Crippen LogP contribution in [0.4, 0.5) is 0 Å². The van der Waals surface area contributed by atoms with Gasteiger partial charge < -0.3 is 0 Å². The molecule has 3 aromatic carbocycles. The van der Waals surface area contributed by atoms with Crippen molar-refractivity contribution in [1.29, 1.82) is 0 Å². The van der Waals surface area contributed by atoms with Crippen LogP contribution in [0.5, 0.6) is 0 Å². The lowest BCUT2D eigenvalue weighted by molar-refractivity contribution is 0.677. The second-order valence-electron chi connectivity index (χ2n) is 8.45. The molecule has 0 N–H and O–H groups in total. The molecule has 0 bridgehead atoms. The van der Waals surface area contributed by atoms with Crippen LogP contribution in [-0.4, -0.2) is 0 Å². The van der Waals surface area contributed by atoms with E-state index in [1.807, 2.05) is 13.8 Å². The van der Waals surface area contributed by atoms with Crippen molar-refractivity contribution < 1.29 is 0 Å². The van der Waals surface area contributed by atoms with Crippen molar-refractivity contribution in [3.05, 3.63) is 88.8 Å². The summed E-state index contributed by atoms with van der Waals surface area (Å²) in [7, 11) is 0. The van der Waals surface area contributed by atoms with E-state index in [0.29, 0.717) is 11.8 Å². The van der Waals surface area contributed by atoms with Gasteiger partial charge in [0.25, 0.3) is 0 Å². The second kappa shape index (κ2) is 6.32. The van der Waals surface area contributed by atoms with Gasteiger partial charge in [-0.25, -0.2) is 0 Å². The van der Waals surface area contributed by atoms with Gasteiger partial charge in [0, 0.05) is 11.3 Å². The van der Waals surface area contributed by atoms with Gasteiger partial charge in [0.05, 0.1) is 0 Å². The summed E-state index contributed by atoms with van der Waals surface area (Å²) in [6.45, 7) is 14.8. The Morgan fingerprint density at radius 3 is 2.48 bits per heavy atom. The molecule has 1 fully saturated rings. The molecule has 0 heteroatoms. The molecule has 0 heterocycles. The maximum Gasteiger partial charge on any atom is 0.0319 e. The van der Waals surface area contributed by atoms with Crippen molar-refractivity contribution in [2.75, 3.05) is 0 Å². The van der Waals surface area contributed by atoms with E-state index in [4.69, 9.17) is 0 Å². The van der Waals surface area contributed by atoms with Gasteiger partial charge in [-0.2, -0.15) is 0 Å². The van der Waals surface area contributed by atoms with Gasteiger partial charge in [-0.05, 0) is 55.4 Å². The summed E-state index contributed by atoms with van der Waals surface area (Å²) in [6, 6.07) is 13.6. The fraction of sp³-hybridized carbons (Fsp3) is 0.241. The van der Waals surface area contributed by atoms with Gasteiger partial charge in [0.15, 0.2) is 0 Å². The third-order valence-corrected chi connectivity index (χ3v) is 6.91. The van der Waals surface area contributed by atoms with Gasteiger partial charge in [0.1, 0.15) is 0 Å². The van der Waals surface area contributed by atoms with Gasteiger partial charge in [-0.3, -0.25) is 0 Å². The van der Waals surface area contributed by atoms with E-state index in [-0.39, 0.29) is 5.41 Å². The van der Waals surface area contributed by atoms with Crippen molar-refractivity contribution >= 4 is 39.8 Å². The normalized spacial score (nSPS) is 25.7. The van der Waals surface area contributed by atoms with Crippen molar-refractivity contribution in [3.63, 3.8) is 0 Å². The Morgan fingerprint density at radius 2 is 1.76 bits per heavy atom. The summed E-state index contributed by atoms with van der Waals surface area (Å²) >= 11 is 0. The Bertz CT molecular complexity index is 1350. The van der Waals surface area contributed by atoms with E-state index < -0.39 is 0 Å². The van der Waals surface area contributed by atoms with E-state index in [9.17, 15) is 0 Å². The second-order valence-corrected chi connectivity index (χ2v) is 8.45. The molecule has 0 aromatic heterocycles. The minimum absolute atomic E-state index is 0.0510.